The number of unbranched alkanes of at least 4 members (excludes halogenated alkanes) is 3. The first kappa shape index (κ1) is 30.3. The number of ether oxygens (including phenoxy) is 1. The van der Waals surface area contributed by atoms with Crippen molar-refractivity contribution in [2.24, 2.45) is 5.92 Å². The lowest BCUT2D eigenvalue weighted by atomic mass is 9.98. The Morgan fingerprint density at radius 2 is 1.71 bits per heavy atom. The van der Waals surface area contributed by atoms with E-state index in [1.165, 1.54) is 17.0 Å². The van der Waals surface area contributed by atoms with Crippen molar-refractivity contribution < 1.29 is 24.2 Å². The number of rotatable bonds is 13. The van der Waals surface area contributed by atoms with Gasteiger partial charge in [-0.3, -0.25) is 9.59 Å². The van der Waals surface area contributed by atoms with Crippen LogP contribution in [0, 0.1) is 5.92 Å². The molecule has 8 nitrogen and oxygen atoms in total. The third-order valence-electron chi connectivity index (χ3n) is 5.47. The molecule has 0 aliphatic heterocycles. The van der Waals surface area contributed by atoms with Crippen LogP contribution in [-0.2, 0) is 14.3 Å². The second-order valence-electron chi connectivity index (χ2n) is 10.2. The van der Waals surface area contributed by atoms with E-state index in [0.29, 0.717) is 25.1 Å². The molecule has 0 aliphatic rings. The van der Waals surface area contributed by atoms with Gasteiger partial charge in [-0.2, -0.15) is 0 Å². The Morgan fingerprint density at radius 3 is 2.26 bits per heavy atom. The van der Waals surface area contributed by atoms with Gasteiger partial charge in [0.05, 0.1) is 0 Å². The van der Waals surface area contributed by atoms with Gasteiger partial charge in [-0.05, 0) is 57.2 Å². The van der Waals surface area contributed by atoms with Gasteiger partial charge in [0.15, 0.2) is 0 Å². The van der Waals surface area contributed by atoms with Crippen LogP contribution < -0.4 is 10.6 Å². The van der Waals surface area contributed by atoms with Crippen molar-refractivity contribution in [3.63, 3.8) is 0 Å². The number of phenols is 1. The molecule has 0 saturated carbocycles. The Bertz CT molecular complexity index is 819. The Morgan fingerprint density at radius 1 is 1.06 bits per heavy atom. The van der Waals surface area contributed by atoms with Crippen molar-refractivity contribution in [3.05, 3.63) is 29.8 Å². The number of nitrogens with one attached hydrogen (secondary N) is 2. The molecule has 0 saturated heterocycles. The van der Waals surface area contributed by atoms with Crippen molar-refractivity contribution in [3.8, 4) is 5.75 Å². The monoisotopic (exact) mass is 491 g/mol. The zero-order valence-electron chi connectivity index (χ0n) is 22.5. The van der Waals surface area contributed by atoms with Crippen molar-refractivity contribution in [2.45, 2.75) is 98.3 Å². The molecule has 3 amide bonds. The van der Waals surface area contributed by atoms with Crippen LogP contribution in [0.15, 0.2) is 24.3 Å². The van der Waals surface area contributed by atoms with Crippen LogP contribution >= 0.6 is 0 Å². The van der Waals surface area contributed by atoms with Crippen LogP contribution in [0.4, 0.5) is 4.79 Å². The van der Waals surface area contributed by atoms with Gasteiger partial charge in [0.25, 0.3) is 0 Å². The van der Waals surface area contributed by atoms with E-state index in [0.717, 1.165) is 25.7 Å². The zero-order valence-corrected chi connectivity index (χ0v) is 22.5. The molecule has 2 unspecified atom stereocenters. The van der Waals surface area contributed by atoms with Crippen molar-refractivity contribution in [1.29, 1.82) is 0 Å². The lowest BCUT2D eigenvalue weighted by Gasteiger charge is -2.35. The summed E-state index contributed by atoms with van der Waals surface area (Å²) in [5.74, 6) is -0.898. The Balaban J connectivity index is 3.36. The Kier molecular flexibility index (Phi) is 12.6. The first-order chi connectivity index (χ1) is 16.4. The maximum Gasteiger partial charge on any atom is 0.408 e. The molecule has 198 valence electrons. The van der Waals surface area contributed by atoms with Crippen LogP contribution in [0.5, 0.6) is 5.75 Å². The number of benzene rings is 1. The number of alkyl carbamates (subject to hydrolysis) is 1. The fraction of sp³-hybridized carbons (Fsp3) is 0.667. The summed E-state index contributed by atoms with van der Waals surface area (Å²) in [7, 11) is 0. The molecule has 35 heavy (non-hydrogen) atoms. The number of phenolic OH excluding ortho intramolecular Hbond substituents is 1. The topological polar surface area (TPSA) is 108 Å². The largest absolute Gasteiger partial charge is 0.508 e. The predicted molar refractivity (Wildman–Crippen MR) is 138 cm³/mol. The van der Waals surface area contributed by atoms with Gasteiger partial charge < -0.3 is 25.4 Å². The Labute approximate surface area is 210 Å². The molecule has 0 bridgehead atoms. The highest BCUT2D eigenvalue weighted by molar-refractivity contribution is 5.92. The minimum absolute atomic E-state index is 0.0152. The molecule has 1 aromatic rings. The molecule has 0 fully saturated rings. The summed E-state index contributed by atoms with van der Waals surface area (Å²) in [5.41, 5.74) is -0.193. The summed E-state index contributed by atoms with van der Waals surface area (Å²) in [6.45, 7) is 13.9. The third-order valence-corrected chi connectivity index (χ3v) is 5.47. The molecule has 0 aliphatic carbocycles. The lowest BCUT2D eigenvalue weighted by Crippen LogP contribution is -2.55. The second kappa shape index (κ2) is 14.6. The molecule has 0 aromatic heterocycles. The molecule has 8 heteroatoms. The van der Waals surface area contributed by atoms with Crippen molar-refractivity contribution in [2.75, 3.05) is 13.1 Å². The van der Waals surface area contributed by atoms with E-state index in [1.807, 2.05) is 20.8 Å². The average Bonchev–Trinajstić information content (AvgIpc) is 2.76. The van der Waals surface area contributed by atoms with E-state index >= 15 is 0 Å². The van der Waals surface area contributed by atoms with Crippen molar-refractivity contribution >= 4 is 17.9 Å². The van der Waals surface area contributed by atoms with Crippen molar-refractivity contribution in [1.82, 2.24) is 15.5 Å². The number of hydrogen-bond donors (Lipinski definition) is 3. The predicted octanol–water partition coefficient (Wildman–Crippen LogP) is 4.92. The minimum atomic E-state index is -0.940. The molecular weight excluding hydrogens is 446 g/mol. The van der Waals surface area contributed by atoms with E-state index in [9.17, 15) is 19.5 Å². The van der Waals surface area contributed by atoms with Crippen LogP contribution in [0.25, 0.3) is 0 Å². The summed E-state index contributed by atoms with van der Waals surface area (Å²) >= 11 is 0. The first-order valence-corrected chi connectivity index (χ1v) is 12.8. The van der Waals surface area contributed by atoms with Crippen LogP contribution in [-0.4, -0.2) is 52.6 Å². The van der Waals surface area contributed by atoms with E-state index in [-0.39, 0.29) is 23.5 Å². The summed E-state index contributed by atoms with van der Waals surface area (Å²) < 4.78 is 5.38. The standard InChI is InChI=1S/C27H45N3O5/c1-8-10-12-16-28-24(32)23(20-14-13-15-21(31)18-20)30(17-11-9-2)25(33)22(19(3)4)29-26(34)35-27(5,6)7/h13-15,18-19,22-23,31H,8-12,16-17H2,1-7H3,(H,28,32)(H,29,34). The number of hydrogen-bond acceptors (Lipinski definition) is 5. The van der Waals surface area contributed by atoms with Gasteiger partial charge in [0, 0.05) is 13.1 Å². The smallest absolute Gasteiger partial charge is 0.408 e. The van der Waals surface area contributed by atoms with Gasteiger partial charge in [-0.25, -0.2) is 4.79 Å². The number of aromatic hydroxyl groups is 1. The maximum atomic E-state index is 13.9. The molecule has 0 radical (unpaired) electrons. The van der Waals surface area contributed by atoms with E-state index in [1.54, 1.807) is 32.9 Å². The lowest BCUT2D eigenvalue weighted by molar-refractivity contribution is -0.143. The number of carbonyl (C=O) groups is 3. The molecule has 3 N–H and O–H groups in total. The highest BCUT2D eigenvalue weighted by Gasteiger charge is 2.37. The average molecular weight is 492 g/mol. The molecule has 1 rings (SSSR count). The minimum Gasteiger partial charge on any atom is -0.508 e. The Hall–Kier alpha value is -2.77. The van der Waals surface area contributed by atoms with E-state index in [2.05, 4.69) is 17.6 Å². The number of amides is 3. The van der Waals surface area contributed by atoms with E-state index < -0.39 is 23.8 Å². The van der Waals surface area contributed by atoms with Gasteiger partial charge in [0.2, 0.25) is 11.8 Å². The fourth-order valence-corrected chi connectivity index (χ4v) is 3.67. The van der Waals surface area contributed by atoms with Crippen LogP contribution in [0.2, 0.25) is 0 Å². The molecule has 0 spiro atoms. The second-order valence-corrected chi connectivity index (χ2v) is 10.2. The summed E-state index contributed by atoms with van der Waals surface area (Å²) in [6, 6.07) is 4.60. The molecule has 1 aromatic carbocycles. The van der Waals surface area contributed by atoms with Gasteiger partial charge in [-0.15, -0.1) is 0 Å². The van der Waals surface area contributed by atoms with Gasteiger partial charge >= 0.3 is 6.09 Å². The maximum absolute atomic E-state index is 13.9. The van der Waals surface area contributed by atoms with E-state index in [4.69, 9.17) is 4.74 Å². The summed E-state index contributed by atoms with van der Waals surface area (Å²) in [6.07, 6.45) is 3.68. The summed E-state index contributed by atoms with van der Waals surface area (Å²) in [4.78, 5) is 41.4. The highest BCUT2D eigenvalue weighted by Crippen LogP contribution is 2.27. The molecule has 2 atom stereocenters. The van der Waals surface area contributed by atoms with Crippen LogP contribution in [0.3, 0.4) is 0 Å². The first-order valence-electron chi connectivity index (χ1n) is 12.8. The third kappa shape index (κ3) is 10.6. The fourth-order valence-electron chi connectivity index (χ4n) is 3.67. The summed E-state index contributed by atoms with van der Waals surface area (Å²) in [5, 5.41) is 15.8. The normalized spacial score (nSPS) is 13.1. The van der Waals surface area contributed by atoms with Crippen LogP contribution in [0.1, 0.15) is 92.2 Å². The SMILES string of the molecule is CCCCCNC(=O)C(c1cccc(O)c1)N(CCCC)C(=O)C(NC(=O)OC(C)(C)C)C(C)C. The zero-order chi connectivity index (χ0) is 26.6. The molecular formula is C27H45N3O5. The quantitative estimate of drug-likeness (QED) is 0.340. The number of carbonyl (C=O) groups excluding carboxylic acids is 3. The number of nitrogens with zero attached hydrogens (tertiary/aromatic N) is 1. The van der Waals surface area contributed by atoms with Gasteiger partial charge in [-0.1, -0.05) is 59.1 Å². The molecule has 0 heterocycles. The highest BCUT2D eigenvalue weighted by atomic mass is 16.6. The van der Waals surface area contributed by atoms with Gasteiger partial charge in [0.1, 0.15) is 23.4 Å².